The Bertz CT molecular complexity index is 571. The largest absolute Gasteiger partial charge is 0.481 e. The number of allylic oxidation sites excluding steroid dienone is 1. The monoisotopic (exact) mass is 389 g/mol. The summed E-state index contributed by atoms with van der Waals surface area (Å²) in [5.41, 5.74) is 0.988. The molecule has 156 valence electrons. The summed E-state index contributed by atoms with van der Waals surface area (Å²) in [6, 6.07) is 9.68. The van der Waals surface area contributed by atoms with Crippen LogP contribution in [-0.4, -0.2) is 28.6 Å². The number of carbonyl (C=O) groups is 2. The molecule has 0 saturated carbocycles. The zero-order chi connectivity index (χ0) is 20.5. The summed E-state index contributed by atoms with van der Waals surface area (Å²) in [6.45, 7) is 2.92. The first kappa shape index (κ1) is 23.9. The number of aliphatic carboxylic acids is 1. The predicted octanol–water partition coefficient (Wildman–Crippen LogP) is 5.51. The van der Waals surface area contributed by atoms with Gasteiger partial charge in [0.15, 0.2) is 0 Å². The Morgan fingerprint density at radius 1 is 1.00 bits per heavy atom. The molecule has 1 amide bonds. The summed E-state index contributed by atoms with van der Waals surface area (Å²) >= 11 is 0. The average Bonchev–Trinajstić information content (AvgIpc) is 2.69. The molecule has 0 fully saturated rings. The predicted molar refractivity (Wildman–Crippen MR) is 112 cm³/mol. The molecule has 1 N–H and O–H groups in total. The summed E-state index contributed by atoms with van der Waals surface area (Å²) in [5, 5.41) is 10.1. The SMILES string of the molecule is CCCCCCCCC=CC(=O)N(CCCCC(=O)O)OCc1ccccc1. The van der Waals surface area contributed by atoms with Crippen molar-refractivity contribution in [1.29, 1.82) is 0 Å². The first-order valence-corrected chi connectivity index (χ1v) is 10.5. The molecule has 0 aliphatic heterocycles. The molecule has 0 atom stereocenters. The molecule has 1 rings (SSSR count). The number of benzene rings is 1. The maximum Gasteiger partial charge on any atom is 0.303 e. The van der Waals surface area contributed by atoms with Gasteiger partial charge in [0.2, 0.25) is 0 Å². The van der Waals surface area contributed by atoms with Crippen LogP contribution < -0.4 is 0 Å². The number of carboxylic acid groups (broad SMARTS) is 1. The maximum absolute atomic E-state index is 12.5. The van der Waals surface area contributed by atoms with Crippen molar-refractivity contribution in [2.45, 2.75) is 77.7 Å². The average molecular weight is 390 g/mol. The molecule has 0 radical (unpaired) electrons. The van der Waals surface area contributed by atoms with Gasteiger partial charge in [-0.05, 0) is 31.2 Å². The van der Waals surface area contributed by atoms with Crippen molar-refractivity contribution in [3.63, 3.8) is 0 Å². The van der Waals surface area contributed by atoms with Gasteiger partial charge in [-0.15, -0.1) is 0 Å². The van der Waals surface area contributed by atoms with E-state index in [1.165, 1.54) is 37.2 Å². The van der Waals surface area contributed by atoms with Gasteiger partial charge < -0.3 is 5.11 Å². The van der Waals surface area contributed by atoms with E-state index < -0.39 is 5.97 Å². The van der Waals surface area contributed by atoms with E-state index in [0.29, 0.717) is 26.0 Å². The summed E-state index contributed by atoms with van der Waals surface area (Å²) in [6.07, 6.45) is 13.0. The van der Waals surface area contributed by atoms with Crippen LogP contribution >= 0.6 is 0 Å². The Hall–Kier alpha value is -2.14. The summed E-state index contributed by atoms with van der Waals surface area (Å²) in [7, 11) is 0. The highest BCUT2D eigenvalue weighted by atomic mass is 16.7. The molecule has 0 spiro atoms. The van der Waals surface area contributed by atoms with Crippen LogP contribution in [0.3, 0.4) is 0 Å². The van der Waals surface area contributed by atoms with Gasteiger partial charge >= 0.3 is 5.97 Å². The van der Waals surface area contributed by atoms with Gasteiger partial charge in [0.1, 0.15) is 6.61 Å². The van der Waals surface area contributed by atoms with E-state index in [-0.39, 0.29) is 12.3 Å². The fourth-order valence-electron chi connectivity index (χ4n) is 2.81. The fourth-order valence-corrected chi connectivity index (χ4v) is 2.81. The molecule has 0 bridgehead atoms. The van der Waals surface area contributed by atoms with Gasteiger partial charge in [-0.25, -0.2) is 5.06 Å². The van der Waals surface area contributed by atoms with Crippen molar-refractivity contribution in [2.24, 2.45) is 0 Å². The smallest absolute Gasteiger partial charge is 0.303 e. The molecule has 28 heavy (non-hydrogen) atoms. The third-order valence-electron chi connectivity index (χ3n) is 4.46. The van der Waals surface area contributed by atoms with Crippen molar-refractivity contribution < 1.29 is 19.5 Å². The third kappa shape index (κ3) is 12.3. The minimum absolute atomic E-state index is 0.106. The molecule has 0 saturated heterocycles. The molecular weight excluding hydrogens is 354 g/mol. The number of amides is 1. The minimum atomic E-state index is -0.818. The lowest BCUT2D eigenvalue weighted by atomic mass is 10.1. The highest BCUT2D eigenvalue weighted by Gasteiger charge is 2.12. The number of nitrogens with zero attached hydrogens (tertiary/aromatic N) is 1. The zero-order valence-corrected chi connectivity index (χ0v) is 17.1. The summed E-state index contributed by atoms with van der Waals surface area (Å²) in [4.78, 5) is 28.8. The van der Waals surface area contributed by atoms with Crippen LogP contribution in [0.2, 0.25) is 0 Å². The second-order valence-corrected chi connectivity index (χ2v) is 7.01. The molecule has 0 aliphatic rings. The lowest BCUT2D eigenvalue weighted by Crippen LogP contribution is -2.30. The van der Waals surface area contributed by atoms with Crippen molar-refractivity contribution in [1.82, 2.24) is 5.06 Å². The van der Waals surface area contributed by atoms with Crippen LogP contribution in [0.1, 0.15) is 76.7 Å². The summed E-state index contributed by atoms with van der Waals surface area (Å²) in [5.74, 6) is -1.00. The second kappa shape index (κ2) is 15.9. The first-order chi connectivity index (χ1) is 13.6. The molecule has 1 aromatic carbocycles. The Balaban J connectivity index is 2.40. The zero-order valence-electron chi connectivity index (χ0n) is 17.1. The van der Waals surface area contributed by atoms with E-state index >= 15 is 0 Å². The lowest BCUT2D eigenvalue weighted by Gasteiger charge is -2.20. The van der Waals surface area contributed by atoms with Gasteiger partial charge in [-0.3, -0.25) is 14.4 Å². The van der Waals surface area contributed by atoms with Crippen LogP contribution in [0.15, 0.2) is 42.5 Å². The molecule has 0 unspecified atom stereocenters. The maximum atomic E-state index is 12.5. The lowest BCUT2D eigenvalue weighted by molar-refractivity contribution is -0.186. The Kier molecular flexibility index (Phi) is 13.5. The van der Waals surface area contributed by atoms with Crippen LogP contribution in [0, 0.1) is 0 Å². The van der Waals surface area contributed by atoms with Crippen LogP contribution in [0.25, 0.3) is 0 Å². The van der Waals surface area contributed by atoms with Gasteiger partial charge in [-0.1, -0.05) is 75.4 Å². The number of rotatable bonds is 16. The minimum Gasteiger partial charge on any atom is -0.481 e. The molecule has 0 aromatic heterocycles. The molecule has 0 heterocycles. The number of hydrogen-bond donors (Lipinski definition) is 1. The number of carbonyl (C=O) groups excluding carboxylic acids is 1. The number of hydroxylamine groups is 2. The molecule has 0 aliphatic carbocycles. The van der Waals surface area contributed by atoms with E-state index in [9.17, 15) is 9.59 Å². The number of carboxylic acids is 1. The van der Waals surface area contributed by atoms with E-state index in [1.54, 1.807) is 6.08 Å². The van der Waals surface area contributed by atoms with Crippen molar-refractivity contribution in [3.8, 4) is 0 Å². The van der Waals surface area contributed by atoms with Gasteiger partial charge in [0.05, 0.1) is 0 Å². The highest BCUT2D eigenvalue weighted by molar-refractivity contribution is 5.86. The van der Waals surface area contributed by atoms with E-state index in [2.05, 4.69) is 6.92 Å². The Morgan fingerprint density at radius 2 is 1.71 bits per heavy atom. The Morgan fingerprint density at radius 3 is 2.43 bits per heavy atom. The molecule has 1 aromatic rings. The quantitative estimate of drug-likeness (QED) is 0.230. The standard InChI is InChI=1S/C23H35NO4/c1-2-3-4-5-6-7-8-12-17-22(25)24(19-14-13-18-23(26)27)28-20-21-15-10-9-11-16-21/h9-12,15-17H,2-8,13-14,18-20H2,1H3,(H,26,27). The Labute approximate surface area is 169 Å². The summed E-state index contributed by atoms with van der Waals surface area (Å²) < 4.78 is 0. The number of hydrogen-bond acceptors (Lipinski definition) is 3. The molecular formula is C23H35NO4. The molecule has 5 nitrogen and oxygen atoms in total. The van der Waals surface area contributed by atoms with Crippen LogP contribution in [-0.2, 0) is 21.0 Å². The fraction of sp³-hybridized carbons (Fsp3) is 0.565. The first-order valence-electron chi connectivity index (χ1n) is 10.5. The van der Waals surface area contributed by atoms with E-state index in [0.717, 1.165) is 18.4 Å². The van der Waals surface area contributed by atoms with Crippen LogP contribution in [0.4, 0.5) is 0 Å². The van der Waals surface area contributed by atoms with E-state index in [1.807, 2.05) is 36.4 Å². The molecule has 5 heteroatoms. The highest BCUT2D eigenvalue weighted by Crippen LogP contribution is 2.09. The normalized spacial score (nSPS) is 11.0. The van der Waals surface area contributed by atoms with Crippen molar-refractivity contribution in [3.05, 3.63) is 48.0 Å². The van der Waals surface area contributed by atoms with Crippen molar-refractivity contribution in [2.75, 3.05) is 6.54 Å². The van der Waals surface area contributed by atoms with Crippen LogP contribution in [0.5, 0.6) is 0 Å². The van der Waals surface area contributed by atoms with Crippen molar-refractivity contribution >= 4 is 11.9 Å². The number of unbranched alkanes of at least 4 members (excludes halogenated alkanes) is 7. The van der Waals surface area contributed by atoms with Gasteiger partial charge in [-0.2, -0.15) is 0 Å². The van der Waals surface area contributed by atoms with E-state index in [4.69, 9.17) is 9.94 Å². The van der Waals surface area contributed by atoms with Gasteiger partial charge in [0.25, 0.3) is 5.91 Å². The van der Waals surface area contributed by atoms with Gasteiger partial charge in [0, 0.05) is 19.0 Å². The third-order valence-corrected chi connectivity index (χ3v) is 4.46. The topological polar surface area (TPSA) is 66.8 Å². The second-order valence-electron chi connectivity index (χ2n) is 7.01.